The number of rotatable bonds is 5. The van der Waals surface area contributed by atoms with Crippen molar-refractivity contribution in [2.45, 2.75) is 19.4 Å². The van der Waals surface area contributed by atoms with E-state index in [9.17, 15) is 9.59 Å². The molecule has 0 radical (unpaired) electrons. The van der Waals surface area contributed by atoms with Crippen LogP contribution in [0.4, 0.5) is 0 Å². The van der Waals surface area contributed by atoms with Crippen molar-refractivity contribution in [1.82, 2.24) is 4.90 Å². The first-order valence-corrected chi connectivity index (χ1v) is 7.68. The molecule has 0 aliphatic carbocycles. The number of amides is 1. The van der Waals surface area contributed by atoms with Gasteiger partial charge >= 0.3 is 5.97 Å². The van der Waals surface area contributed by atoms with Crippen LogP contribution >= 0.6 is 15.9 Å². The molecule has 1 fully saturated rings. The van der Waals surface area contributed by atoms with Crippen molar-refractivity contribution >= 4 is 27.8 Å². The number of ether oxygens (including phenoxy) is 1. The van der Waals surface area contributed by atoms with Crippen molar-refractivity contribution in [1.29, 1.82) is 0 Å². The average molecular weight is 356 g/mol. The summed E-state index contributed by atoms with van der Waals surface area (Å²) in [4.78, 5) is 25.0. The number of carboxylic acid groups (broad SMARTS) is 1. The maximum absolute atomic E-state index is 12.5. The second kappa shape index (κ2) is 7.56. The van der Waals surface area contributed by atoms with E-state index in [1.807, 2.05) is 24.3 Å². The van der Waals surface area contributed by atoms with E-state index in [1.165, 1.54) is 4.90 Å². The Labute approximate surface area is 132 Å². The summed E-state index contributed by atoms with van der Waals surface area (Å²) < 4.78 is 6.16. The van der Waals surface area contributed by atoms with E-state index in [0.29, 0.717) is 32.6 Å². The van der Waals surface area contributed by atoms with Gasteiger partial charge in [0.25, 0.3) is 0 Å². The van der Waals surface area contributed by atoms with Crippen LogP contribution in [0.5, 0.6) is 0 Å². The highest BCUT2D eigenvalue weighted by Gasteiger charge is 2.27. The molecule has 0 atom stereocenters. The van der Waals surface area contributed by atoms with Gasteiger partial charge < -0.3 is 14.7 Å². The van der Waals surface area contributed by atoms with Gasteiger partial charge in [-0.15, -0.1) is 0 Å². The van der Waals surface area contributed by atoms with Crippen molar-refractivity contribution in [2.75, 3.05) is 19.8 Å². The van der Waals surface area contributed by atoms with E-state index >= 15 is 0 Å². The quantitative estimate of drug-likeness (QED) is 0.879. The largest absolute Gasteiger partial charge is 0.480 e. The molecule has 1 saturated heterocycles. The van der Waals surface area contributed by atoms with Gasteiger partial charge in [-0.25, -0.2) is 0 Å². The third-order valence-electron chi connectivity index (χ3n) is 3.47. The van der Waals surface area contributed by atoms with Crippen LogP contribution in [0.3, 0.4) is 0 Å². The fourth-order valence-electron chi connectivity index (χ4n) is 2.43. The molecule has 1 aliphatic heterocycles. The van der Waals surface area contributed by atoms with Crippen LogP contribution in [-0.2, 0) is 20.9 Å². The highest BCUT2D eigenvalue weighted by Crippen LogP contribution is 2.20. The van der Waals surface area contributed by atoms with E-state index in [-0.39, 0.29) is 18.4 Å². The number of hydrogen-bond donors (Lipinski definition) is 1. The Balaban J connectivity index is 2.09. The lowest BCUT2D eigenvalue weighted by molar-refractivity contribution is -0.148. The summed E-state index contributed by atoms with van der Waals surface area (Å²) in [6.07, 6.45) is 1.32. The molecular formula is C15H18BrNO4. The number of aliphatic carboxylic acids is 1. The third-order valence-corrected chi connectivity index (χ3v) is 3.96. The Morgan fingerprint density at radius 1 is 1.33 bits per heavy atom. The maximum Gasteiger partial charge on any atom is 0.323 e. The summed E-state index contributed by atoms with van der Waals surface area (Å²) in [6, 6.07) is 7.55. The van der Waals surface area contributed by atoms with Crippen LogP contribution in [0.25, 0.3) is 0 Å². The number of carbonyl (C=O) groups excluding carboxylic acids is 1. The highest BCUT2D eigenvalue weighted by atomic mass is 79.9. The third kappa shape index (κ3) is 4.82. The number of nitrogens with zero attached hydrogens (tertiary/aromatic N) is 1. The minimum Gasteiger partial charge on any atom is -0.480 e. The Bertz CT molecular complexity index is 514. The second-order valence-corrected chi connectivity index (χ2v) is 6.02. The van der Waals surface area contributed by atoms with E-state index < -0.39 is 5.97 Å². The summed E-state index contributed by atoms with van der Waals surface area (Å²) >= 11 is 3.38. The average Bonchev–Trinajstić information content (AvgIpc) is 2.46. The fraction of sp³-hybridized carbons (Fsp3) is 0.467. The first kappa shape index (κ1) is 16.0. The molecule has 1 N–H and O–H groups in total. The molecule has 1 aliphatic rings. The van der Waals surface area contributed by atoms with Gasteiger partial charge in [-0.3, -0.25) is 9.59 Å². The van der Waals surface area contributed by atoms with Gasteiger partial charge in [-0.1, -0.05) is 28.1 Å². The summed E-state index contributed by atoms with van der Waals surface area (Å²) in [5, 5.41) is 9.04. The normalized spacial score (nSPS) is 15.7. The van der Waals surface area contributed by atoms with Crippen LogP contribution in [-0.4, -0.2) is 41.6 Å². The SMILES string of the molecule is O=C(O)CN(Cc1cccc(Br)c1)C(=O)C1CCOCC1. The van der Waals surface area contributed by atoms with E-state index in [2.05, 4.69) is 15.9 Å². The molecule has 1 amide bonds. The Kier molecular flexibility index (Phi) is 5.76. The van der Waals surface area contributed by atoms with Crippen LogP contribution in [0.1, 0.15) is 18.4 Å². The van der Waals surface area contributed by atoms with E-state index in [1.54, 1.807) is 0 Å². The molecule has 0 spiro atoms. The predicted octanol–water partition coefficient (Wildman–Crippen LogP) is 2.29. The Morgan fingerprint density at radius 3 is 2.67 bits per heavy atom. The summed E-state index contributed by atoms with van der Waals surface area (Å²) in [7, 11) is 0. The molecular weight excluding hydrogens is 338 g/mol. The number of halogens is 1. The summed E-state index contributed by atoms with van der Waals surface area (Å²) in [5.74, 6) is -1.23. The monoisotopic (exact) mass is 355 g/mol. The molecule has 5 nitrogen and oxygen atoms in total. The van der Waals surface area contributed by atoms with Crippen molar-refractivity contribution in [3.05, 3.63) is 34.3 Å². The van der Waals surface area contributed by atoms with Crippen LogP contribution in [0.15, 0.2) is 28.7 Å². The zero-order chi connectivity index (χ0) is 15.2. The molecule has 6 heteroatoms. The summed E-state index contributed by atoms with van der Waals surface area (Å²) in [5.41, 5.74) is 0.908. The minimum atomic E-state index is -0.995. The summed E-state index contributed by atoms with van der Waals surface area (Å²) in [6.45, 7) is 1.16. The Morgan fingerprint density at radius 2 is 2.05 bits per heavy atom. The molecule has 21 heavy (non-hydrogen) atoms. The highest BCUT2D eigenvalue weighted by molar-refractivity contribution is 9.10. The molecule has 0 unspecified atom stereocenters. The zero-order valence-corrected chi connectivity index (χ0v) is 13.2. The predicted molar refractivity (Wildman–Crippen MR) is 80.7 cm³/mol. The zero-order valence-electron chi connectivity index (χ0n) is 11.6. The van der Waals surface area contributed by atoms with Gasteiger partial charge in [0.05, 0.1) is 0 Å². The standard InChI is InChI=1S/C15H18BrNO4/c16-13-3-1-2-11(8-13)9-17(10-14(18)19)15(20)12-4-6-21-7-5-12/h1-3,8,12H,4-7,9-10H2,(H,18,19). The second-order valence-electron chi connectivity index (χ2n) is 5.10. The van der Waals surface area contributed by atoms with Gasteiger partial charge in [-0.2, -0.15) is 0 Å². The van der Waals surface area contributed by atoms with Crippen molar-refractivity contribution in [3.8, 4) is 0 Å². The molecule has 1 aromatic carbocycles. The topological polar surface area (TPSA) is 66.8 Å². The molecule has 114 valence electrons. The van der Waals surface area contributed by atoms with Crippen molar-refractivity contribution < 1.29 is 19.4 Å². The number of carbonyl (C=O) groups is 2. The number of benzene rings is 1. The molecule has 1 heterocycles. The Hall–Kier alpha value is -1.40. The maximum atomic E-state index is 12.5. The lowest BCUT2D eigenvalue weighted by atomic mass is 9.98. The van der Waals surface area contributed by atoms with E-state index in [0.717, 1.165) is 10.0 Å². The lowest BCUT2D eigenvalue weighted by Gasteiger charge is -2.28. The molecule has 1 aromatic rings. The van der Waals surface area contributed by atoms with Crippen LogP contribution < -0.4 is 0 Å². The molecule has 2 rings (SSSR count). The van der Waals surface area contributed by atoms with Crippen LogP contribution in [0.2, 0.25) is 0 Å². The molecule has 0 bridgehead atoms. The van der Waals surface area contributed by atoms with Gasteiger partial charge in [-0.05, 0) is 30.5 Å². The van der Waals surface area contributed by atoms with Gasteiger partial charge in [0.2, 0.25) is 5.91 Å². The number of carboxylic acids is 1. The first-order valence-electron chi connectivity index (χ1n) is 6.89. The number of hydrogen-bond acceptors (Lipinski definition) is 3. The fourth-order valence-corrected chi connectivity index (χ4v) is 2.88. The minimum absolute atomic E-state index is 0.0966. The van der Waals surface area contributed by atoms with E-state index in [4.69, 9.17) is 9.84 Å². The molecule has 0 saturated carbocycles. The van der Waals surface area contributed by atoms with Gasteiger partial charge in [0.1, 0.15) is 6.54 Å². The van der Waals surface area contributed by atoms with Crippen LogP contribution in [0, 0.1) is 5.92 Å². The van der Waals surface area contributed by atoms with Gasteiger partial charge in [0, 0.05) is 30.1 Å². The van der Waals surface area contributed by atoms with Gasteiger partial charge in [0.15, 0.2) is 0 Å². The molecule has 0 aromatic heterocycles. The van der Waals surface area contributed by atoms with Crippen molar-refractivity contribution in [3.63, 3.8) is 0 Å². The smallest absolute Gasteiger partial charge is 0.323 e. The van der Waals surface area contributed by atoms with Crippen molar-refractivity contribution in [2.24, 2.45) is 5.92 Å². The first-order chi connectivity index (χ1) is 10.1. The lowest BCUT2D eigenvalue weighted by Crippen LogP contribution is -2.40.